The van der Waals surface area contributed by atoms with Crippen LogP contribution in [0, 0.1) is 6.92 Å². The SMILES string of the molecule is Cc1cccc(NC(=S)Nc2cccc(C(F)(F)F)c2)c1. The molecule has 0 radical (unpaired) electrons. The van der Waals surface area contributed by atoms with Crippen molar-refractivity contribution in [1.82, 2.24) is 0 Å². The van der Waals surface area contributed by atoms with Crippen molar-refractivity contribution in [1.29, 1.82) is 0 Å². The second-order valence-corrected chi connectivity index (χ2v) is 4.94. The Morgan fingerprint density at radius 1 is 0.952 bits per heavy atom. The van der Waals surface area contributed by atoms with Crippen LogP contribution in [0.15, 0.2) is 48.5 Å². The van der Waals surface area contributed by atoms with Crippen LogP contribution in [0.25, 0.3) is 0 Å². The summed E-state index contributed by atoms with van der Waals surface area (Å²) in [5.74, 6) is 0. The number of alkyl halides is 3. The Morgan fingerprint density at radius 3 is 2.10 bits per heavy atom. The largest absolute Gasteiger partial charge is 0.416 e. The van der Waals surface area contributed by atoms with Crippen LogP contribution >= 0.6 is 12.2 Å². The third kappa shape index (κ3) is 4.46. The summed E-state index contributed by atoms with van der Waals surface area (Å²) in [5, 5.41) is 5.91. The van der Waals surface area contributed by atoms with Crippen LogP contribution in [0.5, 0.6) is 0 Å². The molecule has 0 atom stereocenters. The minimum absolute atomic E-state index is 0.236. The van der Waals surface area contributed by atoms with Gasteiger partial charge < -0.3 is 10.6 Å². The number of hydrogen-bond acceptors (Lipinski definition) is 1. The molecule has 2 N–H and O–H groups in total. The van der Waals surface area contributed by atoms with Crippen LogP contribution in [0.4, 0.5) is 24.5 Å². The van der Waals surface area contributed by atoms with Gasteiger partial charge in [-0.2, -0.15) is 13.2 Å². The highest BCUT2D eigenvalue weighted by Gasteiger charge is 2.30. The number of benzene rings is 2. The fourth-order valence-corrected chi connectivity index (χ4v) is 2.03. The summed E-state index contributed by atoms with van der Waals surface area (Å²) in [7, 11) is 0. The van der Waals surface area contributed by atoms with E-state index < -0.39 is 11.7 Å². The van der Waals surface area contributed by atoms with E-state index >= 15 is 0 Å². The Morgan fingerprint density at radius 2 is 1.52 bits per heavy atom. The Balaban J connectivity index is 2.06. The van der Waals surface area contributed by atoms with Gasteiger partial charge in [0.05, 0.1) is 5.56 Å². The Bertz CT molecular complexity index is 653. The van der Waals surface area contributed by atoms with Crippen LogP contribution < -0.4 is 10.6 Å². The van der Waals surface area contributed by atoms with Gasteiger partial charge in [-0.1, -0.05) is 18.2 Å². The first-order chi connectivity index (χ1) is 9.84. The van der Waals surface area contributed by atoms with Crippen LogP contribution in [0.1, 0.15) is 11.1 Å². The fourth-order valence-electron chi connectivity index (χ4n) is 1.79. The average Bonchev–Trinajstić information content (AvgIpc) is 2.37. The smallest absolute Gasteiger partial charge is 0.332 e. The average molecular weight is 310 g/mol. The van der Waals surface area contributed by atoms with Crippen LogP contribution in [-0.2, 0) is 6.18 Å². The molecule has 0 fully saturated rings. The maximum Gasteiger partial charge on any atom is 0.416 e. The predicted octanol–water partition coefficient (Wildman–Crippen LogP) is 4.82. The second-order valence-electron chi connectivity index (χ2n) is 4.53. The first-order valence-electron chi connectivity index (χ1n) is 6.16. The summed E-state index contributed by atoms with van der Waals surface area (Å²) in [6.45, 7) is 1.94. The Kier molecular flexibility index (Phi) is 4.47. The third-order valence-electron chi connectivity index (χ3n) is 2.72. The van der Waals surface area contributed by atoms with E-state index in [1.807, 2.05) is 31.2 Å². The maximum atomic E-state index is 12.6. The molecule has 0 bridgehead atoms. The number of nitrogens with one attached hydrogen (secondary N) is 2. The molecule has 0 aliphatic rings. The van der Waals surface area contributed by atoms with E-state index in [1.54, 1.807) is 0 Å². The van der Waals surface area contributed by atoms with Crippen LogP contribution in [0.3, 0.4) is 0 Å². The van der Waals surface area contributed by atoms with Gasteiger partial charge in [0.15, 0.2) is 5.11 Å². The number of aryl methyl sites for hydroxylation is 1. The molecule has 2 aromatic carbocycles. The molecule has 0 saturated carbocycles. The summed E-state index contributed by atoms with van der Waals surface area (Å²) in [6, 6.07) is 12.4. The summed E-state index contributed by atoms with van der Waals surface area (Å²) in [6.07, 6.45) is -4.37. The van der Waals surface area contributed by atoms with Gasteiger partial charge >= 0.3 is 6.18 Å². The van der Waals surface area contributed by atoms with Gasteiger partial charge in [-0.3, -0.25) is 0 Å². The summed E-state index contributed by atoms with van der Waals surface area (Å²) < 4.78 is 37.9. The van der Waals surface area contributed by atoms with Gasteiger partial charge in [-0.15, -0.1) is 0 Å². The first-order valence-corrected chi connectivity index (χ1v) is 6.57. The number of thiocarbonyl (C=S) groups is 1. The van der Waals surface area contributed by atoms with Gasteiger partial charge in [0.1, 0.15) is 0 Å². The summed E-state index contributed by atoms with van der Waals surface area (Å²) in [4.78, 5) is 0. The van der Waals surface area contributed by atoms with Crippen LogP contribution in [0.2, 0.25) is 0 Å². The molecule has 21 heavy (non-hydrogen) atoms. The zero-order valence-corrected chi connectivity index (χ0v) is 12.0. The van der Waals surface area contributed by atoms with Gasteiger partial charge in [-0.25, -0.2) is 0 Å². The van der Waals surface area contributed by atoms with Crippen molar-refractivity contribution < 1.29 is 13.2 Å². The standard InChI is InChI=1S/C15H13F3N2S/c1-10-4-2-6-12(8-10)19-14(21)20-13-7-3-5-11(9-13)15(16,17)18/h2-9H,1H3,(H2,19,20,21). The minimum atomic E-state index is -4.37. The van der Waals surface area contributed by atoms with E-state index in [4.69, 9.17) is 12.2 Å². The minimum Gasteiger partial charge on any atom is -0.332 e. The molecule has 0 unspecified atom stereocenters. The van der Waals surface area contributed by atoms with Crippen molar-refractivity contribution in [3.05, 3.63) is 59.7 Å². The van der Waals surface area contributed by atoms with Crippen molar-refractivity contribution in [2.75, 3.05) is 10.6 Å². The normalized spacial score (nSPS) is 11.0. The molecule has 2 nitrogen and oxygen atoms in total. The van der Waals surface area contributed by atoms with E-state index in [2.05, 4.69) is 10.6 Å². The zero-order valence-electron chi connectivity index (χ0n) is 11.2. The fraction of sp³-hybridized carbons (Fsp3) is 0.133. The lowest BCUT2D eigenvalue weighted by molar-refractivity contribution is -0.137. The van der Waals surface area contributed by atoms with Crippen LogP contribution in [-0.4, -0.2) is 5.11 Å². The first kappa shape index (κ1) is 15.3. The lowest BCUT2D eigenvalue weighted by atomic mass is 10.2. The van der Waals surface area contributed by atoms with Gasteiger partial charge in [0.2, 0.25) is 0 Å². The Hall–Kier alpha value is -2.08. The van der Waals surface area contributed by atoms with E-state index in [0.717, 1.165) is 23.4 Å². The quantitative estimate of drug-likeness (QED) is 0.777. The van der Waals surface area contributed by atoms with Crippen molar-refractivity contribution in [2.24, 2.45) is 0 Å². The van der Waals surface area contributed by atoms with Crippen molar-refractivity contribution in [2.45, 2.75) is 13.1 Å². The Labute approximate surface area is 126 Å². The molecule has 0 amide bonds. The summed E-state index contributed by atoms with van der Waals surface area (Å²) >= 11 is 5.09. The maximum absolute atomic E-state index is 12.6. The molecular weight excluding hydrogens is 297 g/mol. The van der Waals surface area contributed by atoms with E-state index in [9.17, 15) is 13.2 Å². The van der Waals surface area contributed by atoms with Crippen molar-refractivity contribution >= 4 is 28.7 Å². The third-order valence-corrected chi connectivity index (χ3v) is 2.93. The highest BCUT2D eigenvalue weighted by Crippen LogP contribution is 2.30. The molecule has 0 spiro atoms. The highest BCUT2D eigenvalue weighted by molar-refractivity contribution is 7.80. The predicted molar refractivity (Wildman–Crippen MR) is 82.5 cm³/mol. The topological polar surface area (TPSA) is 24.1 Å². The molecule has 0 aliphatic heterocycles. The molecule has 2 rings (SSSR count). The molecule has 0 saturated heterocycles. The van der Waals surface area contributed by atoms with E-state index in [-0.39, 0.29) is 10.8 Å². The van der Waals surface area contributed by atoms with Gasteiger partial charge in [0, 0.05) is 11.4 Å². The second kappa shape index (κ2) is 6.13. The number of halogens is 3. The van der Waals surface area contributed by atoms with E-state index in [1.165, 1.54) is 12.1 Å². The molecule has 0 aliphatic carbocycles. The number of anilines is 2. The molecule has 0 aromatic heterocycles. The van der Waals surface area contributed by atoms with Crippen molar-refractivity contribution in [3.63, 3.8) is 0 Å². The molecule has 6 heteroatoms. The monoisotopic (exact) mass is 310 g/mol. The molecule has 0 heterocycles. The van der Waals surface area contributed by atoms with E-state index in [0.29, 0.717) is 0 Å². The number of hydrogen-bond donors (Lipinski definition) is 2. The summed E-state index contributed by atoms with van der Waals surface area (Å²) in [5.41, 5.74) is 1.40. The van der Waals surface area contributed by atoms with Gasteiger partial charge in [0.25, 0.3) is 0 Å². The number of rotatable bonds is 2. The van der Waals surface area contributed by atoms with Gasteiger partial charge in [-0.05, 0) is 55.0 Å². The zero-order chi connectivity index (χ0) is 15.5. The lowest BCUT2D eigenvalue weighted by Gasteiger charge is -2.13. The molecule has 2 aromatic rings. The lowest BCUT2D eigenvalue weighted by Crippen LogP contribution is -2.19. The molecule has 110 valence electrons. The van der Waals surface area contributed by atoms with Crippen molar-refractivity contribution in [3.8, 4) is 0 Å². The molecular formula is C15H13F3N2S. The highest BCUT2D eigenvalue weighted by atomic mass is 32.1.